The SMILES string of the molecule is O=C(c1ccc(Oc2ccc([N+](=O)[O-])cc2C(F)(F)F)cc1)c1cccc(Oc2ccc([N+](=O)[O-])cc2C(F)(F)F)c1. The third-order valence-electron chi connectivity index (χ3n) is 5.63. The summed E-state index contributed by atoms with van der Waals surface area (Å²) in [4.78, 5) is 32.8. The molecule has 15 heteroatoms. The Kier molecular flexibility index (Phi) is 7.86. The van der Waals surface area contributed by atoms with Gasteiger partial charge < -0.3 is 9.47 Å². The normalized spacial score (nSPS) is 11.6. The number of carbonyl (C=O) groups is 1. The molecule has 0 saturated carbocycles. The first-order valence-electron chi connectivity index (χ1n) is 11.5. The van der Waals surface area contributed by atoms with Gasteiger partial charge in [0.25, 0.3) is 11.4 Å². The molecule has 0 heterocycles. The minimum atomic E-state index is -4.98. The Balaban J connectivity index is 1.55. The molecular formula is C27H14F6N2O7. The monoisotopic (exact) mass is 592 g/mol. The van der Waals surface area contributed by atoms with Crippen molar-refractivity contribution < 1.29 is 50.5 Å². The van der Waals surface area contributed by atoms with E-state index in [2.05, 4.69) is 0 Å². The Hall–Kier alpha value is -5.47. The van der Waals surface area contributed by atoms with Crippen molar-refractivity contribution in [1.82, 2.24) is 0 Å². The van der Waals surface area contributed by atoms with Crippen LogP contribution in [0.1, 0.15) is 27.0 Å². The number of hydrogen-bond acceptors (Lipinski definition) is 7. The summed E-state index contributed by atoms with van der Waals surface area (Å²) in [6.45, 7) is 0. The van der Waals surface area contributed by atoms with Crippen molar-refractivity contribution in [3.05, 3.63) is 127 Å². The predicted octanol–water partition coefficient (Wildman–Crippen LogP) is 8.36. The van der Waals surface area contributed by atoms with Crippen LogP contribution in [0.2, 0.25) is 0 Å². The molecule has 0 fully saturated rings. The number of carbonyl (C=O) groups excluding carboxylic acids is 1. The van der Waals surface area contributed by atoms with Gasteiger partial charge in [-0.05, 0) is 48.5 Å². The van der Waals surface area contributed by atoms with Gasteiger partial charge in [-0.25, -0.2) is 0 Å². The molecule has 42 heavy (non-hydrogen) atoms. The number of benzene rings is 4. The van der Waals surface area contributed by atoms with Crippen LogP contribution in [-0.4, -0.2) is 15.6 Å². The maximum atomic E-state index is 13.5. The van der Waals surface area contributed by atoms with E-state index >= 15 is 0 Å². The second kappa shape index (κ2) is 11.2. The third-order valence-corrected chi connectivity index (χ3v) is 5.63. The molecule has 0 radical (unpaired) electrons. The molecule has 0 aliphatic carbocycles. The van der Waals surface area contributed by atoms with E-state index in [1.807, 2.05) is 0 Å². The Bertz CT molecular complexity index is 1690. The van der Waals surface area contributed by atoms with Crippen LogP contribution in [0.4, 0.5) is 37.7 Å². The summed E-state index contributed by atoms with van der Waals surface area (Å²) in [6, 6.07) is 13.8. The number of alkyl halides is 6. The fourth-order valence-electron chi connectivity index (χ4n) is 3.68. The van der Waals surface area contributed by atoms with Gasteiger partial charge in [-0.1, -0.05) is 12.1 Å². The zero-order valence-electron chi connectivity index (χ0n) is 20.6. The van der Waals surface area contributed by atoms with Gasteiger partial charge in [0.05, 0.1) is 9.85 Å². The lowest BCUT2D eigenvalue weighted by Gasteiger charge is -2.14. The molecule has 4 aromatic rings. The van der Waals surface area contributed by atoms with Crippen molar-refractivity contribution >= 4 is 17.2 Å². The van der Waals surface area contributed by atoms with E-state index in [1.165, 1.54) is 42.5 Å². The van der Waals surface area contributed by atoms with Crippen molar-refractivity contribution in [2.75, 3.05) is 0 Å². The molecule has 9 nitrogen and oxygen atoms in total. The number of ketones is 1. The molecule has 4 aromatic carbocycles. The van der Waals surface area contributed by atoms with Crippen molar-refractivity contribution in [1.29, 1.82) is 0 Å². The number of rotatable bonds is 8. The minimum Gasteiger partial charge on any atom is -0.457 e. The first-order valence-corrected chi connectivity index (χ1v) is 11.5. The summed E-state index contributed by atoms with van der Waals surface area (Å²) in [5.41, 5.74) is -4.35. The molecule has 0 amide bonds. The first-order chi connectivity index (χ1) is 19.6. The summed E-state index contributed by atoms with van der Waals surface area (Å²) in [6.07, 6.45) is -9.94. The molecule has 4 rings (SSSR count). The fourth-order valence-corrected chi connectivity index (χ4v) is 3.68. The Morgan fingerprint density at radius 3 is 1.52 bits per heavy atom. The third kappa shape index (κ3) is 6.63. The standard InChI is InChI=1S/C27H14F6N2O7/c28-26(29,30)21-13-17(34(37)38)6-10-23(21)41-19-8-4-15(5-9-19)25(36)16-2-1-3-20(12-16)42-24-11-7-18(35(39)40)14-22(24)27(31,32)33/h1-14H. The summed E-state index contributed by atoms with van der Waals surface area (Å²) >= 11 is 0. The van der Waals surface area contributed by atoms with Crippen LogP contribution in [0.3, 0.4) is 0 Å². The van der Waals surface area contributed by atoms with Crippen molar-refractivity contribution in [2.45, 2.75) is 12.4 Å². The lowest BCUT2D eigenvalue weighted by Crippen LogP contribution is -2.08. The summed E-state index contributed by atoms with van der Waals surface area (Å²) in [5.74, 6) is -2.37. The maximum absolute atomic E-state index is 13.5. The molecular weight excluding hydrogens is 578 g/mol. The largest absolute Gasteiger partial charge is 0.457 e. The zero-order valence-corrected chi connectivity index (χ0v) is 20.6. The smallest absolute Gasteiger partial charge is 0.420 e. The second-order valence-corrected chi connectivity index (χ2v) is 8.46. The molecule has 0 aliphatic heterocycles. The van der Waals surface area contributed by atoms with E-state index in [-0.39, 0.29) is 22.6 Å². The van der Waals surface area contributed by atoms with E-state index in [4.69, 9.17) is 9.47 Å². The summed E-state index contributed by atoms with van der Waals surface area (Å²) < 4.78 is 91.2. The Labute approximate surface area is 230 Å². The van der Waals surface area contributed by atoms with Gasteiger partial charge in [0.1, 0.15) is 34.1 Å². The highest BCUT2D eigenvalue weighted by Crippen LogP contribution is 2.41. The number of halogens is 6. The van der Waals surface area contributed by atoms with Crippen LogP contribution in [0.15, 0.2) is 84.9 Å². The average molecular weight is 592 g/mol. The average Bonchev–Trinajstić information content (AvgIpc) is 2.92. The van der Waals surface area contributed by atoms with E-state index in [1.54, 1.807) is 0 Å². The zero-order chi connectivity index (χ0) is 30.8. The minimum absolute atomic E-state index is 0.0219. The second-order valence-electron chi connectivity index (χ2n) is 8.46. The van der Waals surface area contributed by atoms with Gasteiger partial charge >= 0.3 is 12.4 Å². The van der Waals surface area contributed by atoms with E-state index in [0.29, 0.717) is 12.1 Å². The highest BCUT2D eigenvalue weighted by Gasteiger charge is 2.37. The fraction of sp³-hybridized carbons (Fsp3) is 0.0741. The number of hydrogen-bond donors (Lipinski definition) is 0. The molecule has 0 bridgehead atoms. The number of non-ortho nitro benzene ring substituents is 2. The van der Waals surface area contributed by atoms with Gasteiger partial charge in [-0.3, -0.25) is 25.0 Å². The molecule has 0 spiro atoms. The number of ether oxygens (including phenoxy) is 2. The maximum Gasteiger partial charge on any atom is 0.420 e. The number of nitrogens with zero attached hydrogens (tertiary/aromatic N) is 2. The highest BCUT2D eigenvalue weighted by atomic mass is 19.4. The van der Waals surface area contributed by atoms with Crippen LogP contribution >= 0.6 is 0 Å². The van der Waals surface area contributed by atoms with Gasteiger partial charge in [-0.15, -0.1) is 0 Å². The molecule has 216 valence electrons. The van der Waals surface area contributed by atoms with E-state index in [9.17, 15) is 51.4 Å². The van der Waals surface area contributed by atoms with Crippen molar-refractivity contribution in [3.8, 4) is 23.0 Å². The van der Waals surface area contributed by atoms with Crippen LogP contribution in [0, 0.1) is 20.2 Å². The highest BCUT2D eigenvalue weighted by molar-refractivity contribution is 6.09. The topological polar surface area (TPSA) is 122 Å². The molecule has 0 atom stereocenters. The molecule has 0 saturated heterocycles. The van der Waals surface area contributed by atoms with Gasteiger partial charge in [0, 0.05) is 35.4 Å². The molecule has 0 aliphatic rings. The lowest BCUT2D eigenvalue weighted by atomic mass is 10.0. The van der Waals surface area contributed by atoms with E-state index in [0.717, 1.165) is 30.3 Å². The van der Waals surface area contributed by atoms with E-state index < -0.39 is 62.0 Å². The summed E-state index contributed by atoms with van der Waals surface area (Å²) in [7, 11) is 0. The van der Waals surface area contributed by atoms with Gasteiger partial charge in [0.15, 0.2) is 5.78 Å². The first kappa shape index (κ1) is 29.5. The molecule has 0 aromatic heterocycles. The van der Waals surface area contributed by atoms with Crippen molar-refractivity contribution in [3.63, 3.8) is 0 Å². The summed E-state index contributed by atoms with van der Waals surface area (Å²) in [5, 5.41) is 21.8. The van der Waals surface area contributed by atoms with Crippen molar-refractivity contribution in [2.24, 2.45) is 0 Å². The van der Waals surface area contributed by atoms with Gasteiger partial charge in [-0.2, -0.15) is 26.3 Å². The Morgan fingerprint density at radius 2 is 1.07 bits per heavy atom. The number of nitro groups is 2. The van der Waals surface area contributed by atoms with Crippen LogP contribution in [0.5, 0.6) is 23.0 Å². The van der Waals surface area contributed by atoms with Crippen LogP contribution in [0.25, 0.3) is 0 Å². The van der Waals surface area contributed by atoms with Gasteiger partial charge in [0.2, 0.25) is 0 Å². The van der Waals surface area contributed by atoms with Crippen LogP contribution < -0.4 is 9.47 Å². The lowest BCUT2D eigenvalue weighted by molar-refractivity contribution is -0.385. The predicted molar refractivity (Wildman–Crippen MR) is 133 cm³/mol. The molecule has 0 N–H and O–H groups in total. The quantitative estimate of drug-likeness (QED) is 0.0872. The van der Waals surface area contributed by atoms with Crippen LogP contribution in [-0.2, 0) is 12.4 Å². The Morgan fingerprint density at radius 1 is 0.595 bits per heavy atom. The molecule has 0 unspecified atom stereocenters. The number of nitro benzene ring substituents is 2.